The molecule has 0 amide bonds. The minimum absolute atomic E-state index is 0.250. The lowest BCUT2D eigenvalue weighted by Gasteiger charge is -1.97. The molecular weight excluding hydrogens is 256 g/mol. The first kappa shape index (κ1) is 11.0. The fraction of sp³-hybridized carbons (Fsp3) is 0.0667. The third kappa shape index (κ3) is 1.80. The molecule has 0 spiro atoms. The van der Waals surface area contributed by atoms with E-state index >= 15 is 0 Å². The van der Waals surface area contributed by atoms with Crippen LogP contribution in [0.5, 0.6) is 11.5 Å². The molecule has 20 heavy (non-hydrogen) atoms. The smallest absolute Gasteiger partial charge is 0.258 e. The highest BCUT2D eigenvalue weighted by Crippen LogP contribution is 2.35. The van der Waals surface area contributed by atoms with Crippen molar-refractivity contribution in [2.24, 2.45) is 0 Å². The van der Waals surface area contributed by atoms with Crippen LogP contribution in [0.15, 0.2) is 53.1 Å². The Hall–Kier alpha value is -2.82. The standard InChI is InChI=1S/C15H10N2O3/c1-2-4-10(5-3-1)15-16-14(17-20-15)11-6-7-12-13(8-11)19-9-18-12/h1-8H,9H2. The van der Waals surface area contributed by atoms with Crippen LogP contribution in [0.4, 0.5) is 0 Å². The van der Waals surface area contributed by atoms with Gasteiger partial charge in [-0.1, -0.05) is 23.4 Å². The molecule has 0 atom stereocenters. The number of hydrogen-bond acceptors (Lipinski definition) is 5. The van der Waals surface area contributed by atoms with Crippen LogP contribution in [0, 0.1) is 0 Å². The molecule has 2 heterocycles. The summed E-state index contributed by atoms with van der Waals surface area (Å²) >= 11 is 0. The Balaban J connectivity index is 1.72. The predicted molar refractivity (Wildman–Crippen MR) is 71.3 cm³/mol. The maximum Gasteiger partial charge on any atom is 0.258 e. The molecule has 0 aliphatic carbocycles. The van der Waals surface area contributed by atoms with E-state index in [2.05, 4.69) is 10.1 Å². The molecule has 2 aromatic carbocycles. The third-order valence-corrected chi connectivity index (χ3v) is 3.08. The first-order valence-electron chi connectivity index (χ1n) is 6.19. The number of aromatic nitrogens is 2. The number of fused-ring (bicyclic) bond motifs is 1. The van der Waals surface area contributed by atoms with Crippen molar-refractivity contribution in [1.82, 2.24) is 10.1 Å². The van der Waals surface area contributed by atoms with Crippen molar-refractivity contribution in [2.75, 3.05) is 6.79 Å². The van der Waals surface area contributed by atoms with Crippen LogP contribution in [0.3, 0.4) is 0 Å². The van der Waals surface area contributed by atoms with Gasteiger partial charge in [0.15, 0.2) is 11.5 Å². The van der Waals surface area contributed by atoms with E-state index < -0.39 is 0 Å². The second kappa shape index (κ2) is 4.38. The lowest BCUT2D eigenvalue weighted by molar-refractivity contribution is 0.174. The second-order valence-corrected chi connectivity index (χ2v) is 4.36. The zero-order valence-electron chi connectivity index (χ0n) is 10.4. The van der Waals surface area contributed by atoms with Gasteiger partial charge in [0.05, 0.1) is 0 Å². The second-order valence-electron chi connectivity index (χ2n) is 4.36. The monoisotopic (exact) mass is 266 g/mol. The Bertz CT molecular complexity index is 753. The number of nitrogens with zero attached hydrogens (tertiary/aromatic N) is 2. The van der Waals surface area contributed by atoms with E-state index in [1.807, 2.05) is 48.5 Å². The van der Waals surface area contributed by atoms with E-state index in [1.165, 1.54) is 0 Å². The summed E-state index contributed by atoms with van der Waals surface area (Å²) in [5.74, 6) is 2.47. The van der Waals surface area contributed by atoms with Gasteiger partial charge in [-0.15, -0.1) is 0 Å². The Kier molecular flexibility index (Phi) is 2.42. The minimum Gasteiger partial charge on any atom is -0.454 e. The zero-order chi connectivity index (χ0) is 13.4. The van der Waals surface area contributed by atoms with Crippen LogP contribution in [0.2, 0.25) is 0 Å². The van der Waals surface area contributed by atoms with Crippen LogP contribution in [0.1, 0.15) is 0 Å². The largest absolute Gasteiger partial charge is 0.454 e. The van der Waals surface area contributed by atoms with Crippen molar-refractivity contribution < 1.29 is 14.0 Å². The maximum atomic E-state index is 5.34. The summed E-state index contributed by atoms with van der Waals surface area (Å²) in [6.07, 6.45) is 0. The van der Waals surface area contributed by atoms with Crippen molar-refractivity contribution in [3.8, 4) is 34.3 Å². The van der Waals surface area contributed by atoms with Crippen molar-refractivity contribution in [2.45, 2.75) is 0 Å². The highest BCUT2D eigenvalue weighted by Gasteiger charge is 2.16. The highest BCUT2D eigenvalue weighted by atomic mass is 16.7. The number of hydrogen-bond donors (Lipinski definition) is 0. The van der Waals surface area contributed by atoms with Crippen molar-refractivity contribution in [3.63, 3.8) is 0 Å². The zero-order valence-corrected chi connectivity index (χ0v) is 10.4. The Morgan fingerprint density at radius 2 is 1.70 bits per heavy atom. The van der Waals surface area contributed by atoms with Gasteiger partial charge in [-0.05, 0) is 30.3 Å². The minimum atomic E-state index is 0.250. The average Bonchev–Trinajstić information content (AvgIpc) is 3.16. The molecule has 0 saturated carbocycles. The molecule has 0 saturated heterocycles. The molecule has 1 aliphatic heterocycles. The highest BCUT2D eigenvalue weighted by molar-refractivity contribution is 5.63. The molecule has 3 aromatic rings. The van der Waals surface area contributed by atoms with Crippen molar-refractivity contribution in [1.29, 1.82) is 0 Å². The quantitative estimate of drug-likeness (QED) is 0.713. The summed E-state index contributed by atoms with van der Waals surface area (Å²) in [5.41, 5.74) is 1.73. The van der Waals surface area contributed by atoms with Gasteiger partial charge < -0.3 is 14.0 Å². The number of ether oxygens (including phenoxy) is 2. The van der Waals surface area contributed by atoms with Gasteiger partial charge in [0.2, 0.25) is 12.6 Å². The first-order chi connectivity index (χ1) is 9.90. The molecule has 5 heteroatoms. The molecule has 5 nitrogen and oxygen atoms in total. The van der Waals surface area contributed by atoms with Gasteiger partial charge in [0, 0.05) is 11.1 Å². The molecule has 4 rings (SSSR count). The maximum absolute atomic E-state index is 5.34. The number of benzene rings is 2. The molecular formula is C15H10N2O3. The molecule has 0 N–H and O–H groups in total. The number of rotatable bonds is 2. The molecule has 0 radical (unpaired) electrons. The Labute approximate surface area is 114 Å². The van der Waals surface area contributed by atoms with E-state index in [9.17, 15) is 0 Å². The molecule has 1 aromatic heterocycles. The molecule has 0 fully saturated rings. The average molecular weight is 266 g/mol. The van der Waals surface area contributed by atoms with Crippen LogP contribution in [0.25, 0.3) is 22.8 Å². The SMILES string of the molecule is c1ccc(-c2nc(-c3ccc4c(c3)OCO4)no2)cc1. The van der Waals surface area contributed by atoms with Crippen LogP contribution in [-0.2, 0) is 0 Å². The summed E-state index contributed by atoms with van der Waals surface area (Å²) in [6, 6.07) is 15.2. The molecule has 0 bridgehead atoms. The van der Waals surface area contributed by atoms with Gasteiger partial charge in [0.1, 0.15) is 0 Å². The van der Waals surface area contributed by atoms with Crippen molar-refractivity contribution in [3.05, 3.63) is 48.5 Å². The summed E-state index contributed by atoms with van der Waals surface area (Å²) in [6.45, 7) is 0.250. The van der Waals surface area contributed by atoms with Gasteiger partial charge in [-0.25, -0.2) is 0 Å². The van der Waals surface area contributed by atoms with E-state index in [-0.39, 0.29) is 6.79 Å². The van der Waals surface area contributed by atoms with Crippen LogP contribution in [-0.4, -0.2) is 16.9 Å². The van der Waals surface area contributed by atoms with E-state index in [0.29, 0.717) is 17.5 Å². The van der Waals surface area contributed by atoms with Gasteiger partial charge in [-0.3, -0.25) is 0 Å². The molecule has 1 aliphatic rings. The summed E-state index contributed by atoms with van der Waals surface area (Å²) < 4.78 is 15.9. The normalized spacial score (nSPS) is 12.6. The summed E-state index contributed by atoms with van der Waals surface area (Å²) in [5, 5.41) is 4.01. The predicted octanol–water partition coefficient (Wildman–Crippen LogP) is 3.13. The first-order valence-corrected chi connectivity index (χ1v) is 6.19. The Morgan fingerprint density at radius 1 is 0.850 bits per heavy atom. The van der Waals surface area contributed by atoms with Crippen molar-refractivity contribution >= 4 is 0 Å². The van der Waals surface area contributed by atoms with E-state index in [1.54, 1.807) is 0 Å². The summed E-state index contributed by atoms with van der Waals surface area (Å²) in [7, 11) is 0. The van der Waals surface area contributed by atoms with E-state index in [0.717, 1.165) is 16.9 Å². The van der Waals surface area contributed by atoms with Gasteiger partial charge in [0.25, 0.3) is 5.89 Å². The molecule has 0 unspecified atom stereocenters. The lowest BCUT2D eigenvalue weighted by atomic mass is 10.2. The topological polar surface area (TPSA) is 57.4 Å². The Morgan fingerprint density at radius 3 is 2.60 bits per heavy atom. The fourth-order valence-electron chi connectivity index (χ4n) is 2.07. The van der Waals surface area contributed by atoms with E-state index in [4.69, 9.17) is 14.0 Å². The fourth-order valence-corrected chi connectivity index (χ4v) is 2.07. The summed E-state index contributed by atoms with van der Waals surface area (Å²) in [4.78, 5) is 4.40. The van der Waals surface area contributed by atoms with Gasteiger partial charge in [-0.2, -0.15) is 4.98 Å². The van der Waals surface area contributed by atoms with Gasteiger partial charge >= 0.3 is 0 Å². The van der Waals surface area contributed by atoms with Crippen LogP contribution < -0.4 is 9.47 Å². The lowest BCUT2D eigenvalue weighted by Crippen LogP contribution is -1.92. The van der Waals surface area contributed by atoms with Crippen LogP contribution >= 0.6 is 0 Å². The molecule has 98 valence electrons. The third-order valence-electron chi connectivity index (χ3n) is 3.08.